The number of nitrogens with zero attached hydrogens (tertiary/aromatic N) is 2. The van der Waals surface area contributed by atoms with Crippen molar-refractivity contribution in [1.82, 2.24) is 16.0 Å². The van der Waals surface area contributed by atoms with Gasteiger partial charge in [-0.15, -0.1) is 5.53 Å². The summed E-state index contributed by atoms with van der Waals surface area (Å²) in [5.41, 5.74) is 5.47. The third-order valence-electron chi connectivity index (χ3n) is 7.48. The normalized spacial score (nSPS) is 29.8. The third kappa shape index (κ3) is 5.73. The lowest BCUT2D eigenvalue weighted by atomic mass is 9.91. The van der Waals surface area contributed by atoms with Crippen molar-refractivity contribution in [3.63, 3.8) is 0 Å². The molecule has 10 nitrogen and oxygen atoms in total. The molecule has 6 N–H and O–H groups in total. The van der Waals surface area contributed by atoms with Gasteiger partial charge in [-0.3, -0.25) is 9.80 Å². The quantitative estimate of drug-likeness (QED) is 0.268. The minimum absolute atomic E-state index is 0.0568. The van der Waals surface area contributed by atoms with Crippen molar-refractivity contribution in [3.05, 3.63) is 69.6 Å². The number of benzene rings is 2. The minimum atomic E-state index is -1.73. The zero-order valence-electron chi connectivity index (χ0n) is 21.2. The molecule has 2 aromatic rings. The van der Waals surface area contributed by atoms with Gasteiger partial charge < -0.3 is 35.5 Å². The van der Waals surface area contributed by atoms with E-state index in [1.807, 2.05) is 0 Å². The van der Waals surface area contributed by atoms with E-state index in [1.54, 1.807) is 0 Å². The largest absolute Gasteiger partial charge is 0.394 e. The van der Waals surface area contributed by atoms with Crippen LogP contribution in [-0.2, 0) is 9.53 Å². The fraction of sp³-hybridized carbons (Fsp3) is 0.423. The van der Waals surface area contributed by atoms with Crippen LogP contribution in [0.5, 0.6) is 0 Å². The van der Waals surface area contributed by atoms with E-state index in [1.165, 1.54) is 29.3 Å². The molecule has 41 heavy (non-hydrogen) atoms. The molecule has 0 spiro atoms. The molecule has 2 aliphatic heterocycles. The number of aliphatic hydroxyl groups is 4. The molecule has 3 aliphatic rings. The summed E-state index contributed by atoms with van der Waals surface area (Å²) in [5.74, 6) is -5.27. The summed E-state index contributed by atoms with van der Waals surface area (Å²) in [6.07, 6.45) is -4.43. The molecule has 7 atom stereocenters. The predicted molar refractivity (Wildman–Crippen MR) is 142 cm³/mol. The molecule has 1 saturated carbocycles. The summed E-state index contributed by atoms with van der Waals surface area (Å²) < 4.78 is 46.8. The van der Waals surface area contributed by atoms with Gasteiger partial charge in [-0.1, -0.05) is 23.2 Å². The maximum Gasteiger partial charge on any atom is 0.259 e. The number of hydrogen-bond acceptors (Lipinski definition) is 9. The van der Waals surface area contributed by atoms with Crippen LogP contribution in [0.2, 0.25) is 10.0 Å². The molecule has 222 valence electrons. The Hall–Kier alpha value is -2.62. The van der Waals surface area contributed by atoms with Crippen molar-refractivity contribution >= 4 is 40.5 Å². The Morgan fingerprint density at radius 2 is 1.68 bits per heavy atom. The van der Waals surface area contributed by atoms with Gasteiger partial charge in [0.15, 0.2) is 23.6 Å². The van der Waals surface area contributed by atoms with Gasteiger partial charge in [0, 0.05) is 27.5 Å². The van der Waals surface area contributed by atoms with Crippen LogP contribution < -0.4 is 15.9 Å². The molecule has 0 unspecified atom stereocenters. The third-order valence-corrected chi connectivity index (χ3v) is 7.91. The van der Waals surface area contributed by atoms with Crippen molar-refractivity contribution in [2.24, 2.45) is 0 Å². The molecule has 0 aromatic heterocycles. The molecule has 1 aliphatic carbocycles. The number of rotatable bonds is 6. The maximum atomic E-state index is 14.1. The molecule has 2 fully saturated rings. The molecule has 0 bridgehead atoms. The first kappa shape index (κ1) is 29.9. The van der Waals surface area contributed by atoms with Crippen LogP contribution in [-0.4, -0.2) is 80.6 Å². The second kappa shape index (κ2) is 11.9. The van der Waals surface area contributed by atoms with Crippen molar-refractivity contribution < 1.29 is 43.1 Å². The molecular weight excluding hydrogens is 592 g/mol. The average molecular weight is 619 g/mol. The van der Waals surface area contributed by atoms with Crippen LogP contribution >= 0.6 is 23.2 Å². The Morgan fingerprint density at radius 3 is 2.27 bits per heavy atom. The maximum absolute atomic E-state index is 14.1. The fourth-order valence-corrected chi connectivity index (χ4v) is 6.02. The lowest BCUT2D eigenvalue weighted by Crippen LogP contribution is -2.68. The zero-order valence-corrected chi connectivity index (χ0v) is 22.7. The van der Waals surface area contributed by atoms with E-state index in [-0.39, 0.29) is 27.0 Å². The van der Waals surface area contributed by atoms with Crippen LogP contribution in [0.1, 0.15) is 24.8 Å². The van der Waals surface area contributed by atoms with Crippen LogP contribution in [0.25, 0.3) is 5.70 Å². The number of carbonyl (C=O) groups excluding carboxylic acids is 1. The van der Waals surface area contributed by atoms with Gasteiger partial charge in [0.1, 0.15) is 24.4 Å². The molecule has 1 saturated heterocycles. The molecule has 0 radical (unpaired) electrons. The van der Waals surface area contributed by atoms with Crippen LogP contribution in [0, 0.1) is 17.5 Å². The van der Waals surface area contributed by atoms with Crippen LogP contribution in [0.15, 0.2) is 36.5 Å². The Bertz CT molecular complexity index is 1310. The number of ether oxygens (including phenoxy) is 1. The van der Waals surface area contributed by atoms with Crippen LogP contribution in [0.3, 0.4) is 0 Å². The molecular formula is C26H27Cl2F3N4O6. The van der Waals surface area contributed by atoms with Gasteiger partial charge in [-0.2, -0.15) is 0 Å². The number of hydrogen-bond donors (Lipinski definition) is 6. The highest BCUT2D eigenvalue weighted by molar-refractivity contribution is 6.35. The molecule has 1 amide bonds. The lowest BCUT2D eigenvalue weighted by Gasteiger charge is -2.46. The predicted octanol–water partition coefficient (Wildman–Crippen LogP) is 1.83. The van der Waals surface area contributed by atoms with E-state index < -0.39 is 72.6 Å². The Labute approximate surface area is 242 Å². The van der Waals surface area contributed by atoms with Gasteiger partial charge in [0.05, 0.1) is 24.4 Å². The summed E-state index contributed by atoms with van der Waals surface area (Å²) in [6, 6.07) is 3.88. The highest BCUT2D eigenvalue weighted by Crippen LogP contribution is 2.36. The molecule has 2 heterocycles. The van der Waals surface area contributed by atoms with Gasteiger partial charge >= 0.3 is 0 Å². The van der Waals surface area contributed by atoms with Gasteiger partial charge in [-0.05, 0) is 49.6 Å². The minimum Gasteiger partial charge on any atom is -0.394 e. The van der Waals surface area contributed by atoms with E-state index in [0.717, 1.165) is 17.1 Å². The zero-order chi connectivity index (χ0) is 29.6. The first-order valence-corrected chi connectivity index (χ1v) is 13.5. The Morgan fingerprint density at radius 1 is 1.02 bits per heavy atom. The van der Waals surface area contributed by atoms with Crippen molar-refractivity contribution in [3.8, 4) is 0 Å². The first-order valence-electron chi connectivity index (χ1n) is 12.8. The van der Waals surface area contributed by atoms with Crippen LogP contribution in [0.4, 0.5) is 18.9 Å². The second-order valence-electron chi connectivity index (χ2n) is 10.1. The number of carbonyl (C=O) groups is 1. The molecule has 2 aromatic carbocycles. The number of anilines is 1. The van der Waals surface area contributed by atoms with Crippen molar-refractivity contribution in [2.45, 2.75) is 61.9 Å². The van der Waals surface area contributed by atoms with Crippen molar-refractivity contribution in [2.75, 3.05) is 11.5 Å². The number of hydrazine groups is 2. The van der Waals surface area contributed by atoms with E-state index in [2.05, 4.69) is 11.0 Å². The van der Waals surface area contributed by atoms with E-state index in [9.17, 15) is 38.4 Å². The number of nitrogens with one attached hydrogen (secondary N) is 2. The van der Waals surface area contributed by atoms with E-state index in [4.69, 9.17) is 27.9 Å². The standard InChI is InChI=1S/C26H27Cl2F3N4O6/c27-12-6-13(28)8-14(7-12)35(18-2-1-3-19(18)37)26(40)25-24(39)22(23(38)20(10-36)41-25)34-9-17(32-33-34)11-4-15(29)21(31)16(30)5-11/h4-9,18-20,22-25,32-33,36-39H,1-3,10H2/t18-,19-,20+,22-,23-,24+,25+/m0/s1. The van der Waals surface area contributed by atoms with Crippen molar-refractivity contribution in [1.29, 1.82) is 0 Å². The summed E-state index contributed by atoms with van der Waals surface area (Å²) >= 11 is 12.4. The van der Waals surface area contributed by atoms with Gasteiger partial charge in [0.2, 0.25) is 0 Å². The fourth-order valence-electron chi connectivity index (χ4n) is 5.50. The Balaban J connectivity index is 1.48. The smallest absolute Gasteiger partial charge is 0.259 e. The molecule has 5 rings (SSSR count). The topological polar surface area (TPSA) is 138 Å². The number of aliphatic hydroxyl groups excluding tert-OH is 4. The summed E-state index contributed by atoms with van der Waals surface area (Å²) in [7, 11) is 0. The number of halogens is 5. The SMILES string of the molecule is O=C([C@@H]1O[C@H](CO)[C@H](O)[C@H](N2C=C(c3cc(F)c(F)c(F)c3)NN2)[C@H]1O)N(c1cc(Cl)cc(Cl)c1)[C@H]1CCC[C@@H]1O. The molecule has 15 heteroatoms. The first-order chi connectivity index (χ1) is 19.5. The summed E-state index contributed by atoms with van der Waals surface area (Å²) in [5, 5.41) is 44.6. The van der Waals surface area contributed by atoms with Gasteiger partial charge in [-0.25, -0.2) is 13.2 Å². The van der Waals surface area contributed by atoms with Gasteiger partial charge in [0.25, 0.3) is 5.91 Å². The highest BCUT2D eigenvalue weighted by atomic mass is 35.5. The van der Waals surface area contributed by atoms with E-state index in [0.29, 0.717) is 19.3 Å². The summed E-state index contributed by atoms with van der Waals surface area (Å²) in [4.78, 5) is 15.3. The Kier molecular flexibility index (Phi) is 8.69. The monoisotopic (exact) mass is 618 g/mol. The number of amides is 1. The second-order valence-corrected chi connectivity index (χ2v) is 11.0. The average Bonchev–Trinajstić information content (AvgIpc) is 3.56. The van der Waals surface area contributed by atoms with E-state index >= 15 is 0 Å². The lowest BCUT2D eigenvalue weighted by molar-refractivity contribution is -0.212. The summed E-state index contributed by atoms with van der Waals surface area (Å²) in [6.45, 7) is -0.727. The highest BCUT2D eigenvalue weighted by Gasteiger charge is 2.52.